The fourth-order valence-electron chi connectivity index (χ4n) is 7.25. The van der Waals surface area contributed by atoms with Gasteiger partial charge in [-0.2, -0.15) is 5.26 Å². The fourth-order valence-corrected chi connectivity index (χ4v) is 8.17. The molecule has 7 heterocycles. The van der Waals surface area contributed by atoms with Crippen LogP contribution in [0.4, 0.5) is 24.1 Å². The third-order valence-electron chi connectivity index (χ3n) is 9.29. The molecule has 3 fully saturated rings. The maximum atomic E-state index is 16.6. The molecule has 9 nitrogen and oxygen atoms in total. The van der Waals surface area contributed by atoms with Gasteiger partial charge in [-0.05, 0) is 24.0 Å². The molecule has 0 spiro atoms. The van der Waals surface area contributed by atoms with Crippen LogP contribution in [0.5, 0.6) is 0 Å². The van der Waals surface area contributed by atoms with Gasteiger partial charge >= 0.3 is 0 Å². The number of ether oxygens (including phenoxy) is 1. The van der Waals surface area contributed by atoms with Crippen molar-refractivity contribution < 1.29 is 17.9 Å². The van der Waals surface area contributed by atoms with E-state index in [0.29, 0.717) is 42.5 Å². The Kier molecular flexibility index (Phi) is 6.05. The zero-order chi connectivity index (χ0) is 28.7. The lowest BCUT2D eigenvalue weighted by atomic mass is 9.94. The topological polar surface area (TPSA) is 107 Å². The van der Waals surface area contributed by atoms with Crippen molar-refractivity contribution in [2.24, 2.45) is 0 Å². The average molecular weight is 593 g/mol. The first kappa shape index (κ1) is 26.1. The maximum absolute atomic E-state index is 16.6. The molecule has 216 valence electrons. The molecule has 42 heavy (non-hydrogen) atoms. The molecular weight excluding hydrogens is 565 g/mol. The summed E-state index contributed by atoms with van der Waals surface area (Å²) in [4.78, 5) is 20.4. The van der Waals surface area contributed by atoms with Crippen molar-refractivity contribution in [2.45, 2.75) is 44.3 Å². The quantitative estimate of drug-likeness (QED) is 0.378. The van der Waals surface area contributed by atoms with Gasteiger partial charge in [-0.25, -0.2) is 23.1 Å². The summed E-state index contributed by atoms with van der Waals surface area (Å²) in [7, 11) is 0. The Bertz CT molecular complexity index is 1810. The lowest BCUT2D eigenvalue weighted by Crippen LogP contribution is -2.54. The first-order valence-corrected chi connectivity index (χ1v) is 14.9. The summed E-state index contributed by atoms with van der Waals surface area (Å²) in [6, 6.07) is 2.60. The van der Waals surface area contributed by atoms with Gasteiger partial charge in [0.1, 0.15) is 22.8 Å². The monoisotopic (exact) mass is 592 g/mol. The van der Waals surface area contributed by atoms with E-state index in [4.69, 9.17) is 15.5 Å². The second-order valence-electron chi connectivity index (χ2n) is 11.5. The van der Waals surface area contributed by atoms with Gasteiger partial charge in [-0.15, -0.1) is 11.3 Å². The van der Waals surface area contributed by atoms with E-state index in [1.807, 2.05) is 6.07 Å². The molecule has 0 amide bonds. The molecule has 4 aliphatic heterocycles. The van der Waals surface area contributed by atoms with Gasteiger partial charge in [-0.3, -0.25) is 14.8 Å². The highest BCUT2D eigenvalue weighted by Gasteiger charge is 2.40. The van der Waals surface area contributed by atoms with E-state index < -0.39 is 17.8 Å². The van der Waals surface area contributed by atoms with E-state index in [1.165, 1.54) is 0 Å². The van der Waals surface area contributed by atoms with Crippen LogP contribution in [0.15, 0.2) is 12.4 Å². The molecule has 1 aromatic carbocycles. The second kappa shape index (κ2) is 9.74. The molecule has 3 saturated heterocycles. The van der Waals surface area contributed by atoms with Crippen molar-refractivity contribution in [1.29, 1.82) is 5.26 Å². The Hall–Kier alpha value is -3.57. The highest BCUT2D eigenvalue weighted by atomic mass is 32.1. The Morgan fingerprint density at radius 3 is 2.67 bits per heavy atom. The average Bonchev–Trinajstić information content (AvgIpc) is 3.78. The maximum Gasteiger partial charge on any atom is 0.226 e. The zero-order valence-corrected chi connectivity index (χ0v) is 23.4. The first-order chi connectivity index (χ1) is 20.4. The fraction of sp³-hybridized carbons (Fsp3) is 0.448. The summed E-state index contributed by atoms with van der Waals surface area (Å²) < 4.78 is 51.2. The molecule has 13 heteroatoms. The second-order valence-corrected chi connectivity index (χ2v) is 12.6. The van der Waals surface area contributed by atoms with E-state index in [0.717, 1.165) is 55.7 Å². The molecular formula is C29H27F3N8OS. The summed E-state index contributed by atoms with van der Waals surface area (Å²) in [5.41, 5.74) is 7.91. The molecule has 0 saturated carbocycles. The highest BCUT2D eigenvalue weighted by Crippen LogP contribution is 2.45. The Morgan fingerprint density at radius 2 is 1.83 bits per heavy atom. The van der Waals surface area contributed by atoms with Gasteiger partial charge in [0.25, 0.3) is 0 Å². The van der Waals surface area contributed by atoms with Gasteiger partial charge in [0.15, 0.2) is 11.6 Å². The van der Waals surface area contributed by atoms with Crippen molar-refractivity contribution in [3.05, 3.63) is 40.7 Å². The Labute approximate surface area is 243 Å². The SMILES string of the molecule is N#Cc1c(N)sc2c(F)cnc(-c3c4c(c5cnc(N6CC[C@H](N7CCN8C[C@@H](F)C[C@H]8C7)C6)nc5c3F)COC4)c12. The van der Waals surface area contributed by atoms with Crippen LogP contribution >= 0.6 is 11.3 Å². The van der Waals surface area contributed by atoms with E-state index >= 15 is 4.39 Å². The van der Waals surface area contributed by atoms with Gasteiger partial charge in [0.2, 0.25) is 5.95 Å². The van der Waals surface area contributed by atoms with Gasteiger partial charge in [-0.1, -0.05) is 0 Å². The number of nitrogen functional groups attached to an aromatic ring is 1. The summed E-state index contributed by atoms with van der Waals surface area (Å²) in [6.07, 6.45) is 3.47. The number of hydrogen-bond acceptors (Lipinski definition) is 10. The molecule has 0 unspecified atom stereocenters. The van der Waals surface area contributed by atoms with E-state index in [-0.39, 0.29) is 56.7 Å². The zero-order valence-electron chi connectivity index (χ0n) is 22.6. The molecule has 0 bridgehead atoms. The Balaban J connectivity index is 1.18. The number of alkyl halides is 1. The van der Waals surface area contributed by atoms with Crippen LogP contribution in [0.2, 0.25) is 0 Å². The summed E-state index contributed by atoms with van der Waals surface area (Å²) in [6.45, 7) is 5.02. The number of pyridine rings is 1. The van der Waals surface area contributed by atoms with Gasteiger partial charge < -0.3 is 15.4 Å². The number of aromatic nitrogens is 3. The van der Waals surface area contributed by atoms with Crippen LogP contribution < -0.4 is 10.6 Å². The predicted octanol–water partition coefficient (Wildman–Crippen LogP) is 3.98. The molecule has 0 radical (unpaired) electrons. The number of nitrogens with zero attached hydrogens (tertiary/aromatic N) is 7. The van der Waals surface area contributed by atoms with E-state index in [2.05, 4.69) is 24.7 Å². The predicted molar refractivity (Wildman–Crippen MR) is 153 cm³/mol. The van der Waals surface area contributed by atoms with Crippen LogP contribution in [0, 0.1) is 23.0 Å². The minimum Gasteiger partial charge on any atom is -0.389 e. The van der Waals surface area contributed by atoms with Crippen molar-refractivity contribution in [3.8, 4) is 17.3 Å². The third kappa shape index (κ3) is 3.89. The van der Waals surface area contributed by atoms with Crippen LogP contribution in [-0.2, 0) is 18.0 Å². The minimum atomic E-state index is -0.738. The summed E-state index contributed by atoms with van der Waals surface area (Å²) in [5, 5.41) is 10.7. The van der Waals surface area contributed by atoms with Crippen molar-refractivity contribution >= 4 is 43.3 Å². The highest BCUT2D eigenvalue weighted by molar-refractivity contribution is 7.23. The van der Waals surface area contributed by atoms with Gasteiger partial charge in [0, 0.05) is 73.9 Å². The lowest BCUT2D eigenvalue weighted by molar-refractivity contribution is 0.0776. The largest absolute Gasteiger partial charge is 0.389 e. The number of thiophene rings is 1. The summed E-state index contributed by atoms with van der Waals surface area (Å²) >= 11 is 0.947. The van der Waals surface area contributed by atoms with Crippen LogP contribution in [0.3, 0.4) is 0 Å². The van der Waals surface area contributed by atoms with Crippen LogP contribution in [0.25, 0.3) is 32.2 Å². The molecule has 3 aromatic heterocycles. The van der Waals surface area contributed by atoms with Crippen LogP contribution in [-0.4, -0.2) is 82.3 Å². The molecule has 4 aromatic rings. The van der Waals surface area contributed by atoms with E-state index in [1.54, 1.807) is 6.20 Å². The molecule has 0 aliphatic carbocycles. The number of benzene rings is 1. The number of nitrogens with two attached hydrogens (primary N) is 1. The smallest absolute Gasteiger partial charge is 0.226 e. The van der Waals surface area contributed by atoms with Gasteiger partial charge in [0.05, 0.1) is 35.4 Å². The normalized spacial score (nSPS) is 24.5. The number of hydrogen-bond donors (Lipinski definition) is 1. The lowest BCUT2D eigenvalue weighted by Gasteiger charge is -2.40. The number of anilines is 2. The number of fused-ring (bicyclic) bond motifs is 5. The summed E-state index contributed by atoms with van der Waals surface area (Å²) in [5.74, 6) is -0.791. The van der Waals surface area contributed by atoms with Crippen molar-refractivity contribution in [3.63, 3.8) is 0 Å². The van der Waals surface area contributed by atoms with Crippen molar-refractivity contribution in [1.82, 2.24) is 24.8 Å². The molecule has 8 rings (SSSR count). The molecule has 4 aliphatic rings. The van der Waals surface area contributed by atoms with Crippen molar-refractivity contribution in [2.75, 3.05) is 49.9 Å². The molecule has 2 N–H and O–H groups in total. The van der Waals surface area contributed by atoms with E-state index in [9.17, 15) is 14.0 Å². The van der Waals surface area contributed by atoms with Crippen LogP contribution in [0.1, 0.15) is 29.5 Å². The number of rotatable bonds is 3. The first-order valence-electron chi connectivity index (χ1n) is 14.1. The minimum absolute atomic E-state index is 0.0797. The Morgan fingerprint density at radius 1 is 1.02 bits per heavy atom. The standard InChI is InChI=1S/C29H27F3N8OS/c30-14-5-16-11-39(4-3-38(16)9-14)15-1-2-40(10-15)29-36-7-18-19-12-41-13-20(19)22(24(32)25(18)37-29)26-23-17(6-33)28(34)42-27(23)21(31)8-35-26/h7-8,14-16H,1-5,9-13,34H2/t14-,15-,16-/m0/s1. The molecule has 3 atom stereocenters. The number of piperazine rings is 1. The third-order valence-corrected chi connectivity index (χ3v) is 10.3. The number of nitriles is 1. The number of halogens is 3.